The second kappa shape index (κ2) is 10.7. The summed E-state index contributed by atoms with van der Waals surface area (Å²) in [6, 6.07) is 17.6. The normalized spacial score (nSPS) is 20.5. The van der Waals surface area contributed by atoms with Crippen LogP contribution in [0, 0.1) is 0 Å². The Hall–Kier alpha value is -1.75. The van der Waals surface area contributed by atoms with Crippen molar-refractivity contribution in [2.24, 2.45) is 0 Å². The predicted molar refractivity (Wildman–Crippen MR) is 131 cm³/mol. The molecule has 2 aromatic carbocycles. The summed E-state index contributed by atoms with van der Waals surface area (Å²) >= 11 is 6.03. The van der Waals surface area contributed by atoms with Gasteiger partial charge < -0.3 is 14.5 Å². The molecule has 0 N–H and O–H groups in total. The van der Waals surface area contributed by atoms with Gasteiger partial charge in [-0.1, -0.05) is 23.7 Å². The molecule has 0 saturated carbocycles. The molecule has 0 radical (unpaired) electrons. The van der Waals surface area contributed by atoms with E-state index in [1.165, 1.54) is 43.9 Å². The minimum absolute atomic E-state index is 0.579. The number of anilines is 1. The molecule has 0 aromatic heterocycles. The van der Waals surface area contributed by atoms with Crippen molar-refractivity contribution < 1.29 is 4.74 Å². The fraction of sp³-hybridized carbons (Fsp3) is 0.538. The van der Waals surface area contributed by atoms with E-state index < -0.39 is 0 Å². The van der Waals surface area contributed by atoms with Gasteiger partial charge in [-0.2, -0.15) is 0 Å². The molecule has 2 saturated heterocycles. The van der Waals surface area contributed by atoms with E-state index in [0.717, 1.165) is 43.4 Å². The lowest BCUT2D eigenvalue weighted by atomic mass is 9.99. The summed E-state index contributed by atoms with van der Waals surface area (Å²) in [5.74, 6) is 1.55. The van der Waals surface area contributed by atoms with Crippen LogP contribution in [0.1, 0.15) is 38.2 Å². The van der Waals surface area contributed by atoms with Crippen LogP contribution in [0.25, 0.3) is 0 Å². The third-order valence-electron chi connectivity index (χ3n) is 6.76. The van der Waals surface area contributed by atoms with Crippen LogP contribution in [0.2, 0.25) is 5.02 Å². The van der Waals surface area contributed by atoms with E-state index in [1.807, 2.05) is 12.1 Å². The molecule has 4 nitrogen and oxygen atoms in total. The first-order valence-electron chi connectivity index (χ1n) is 11.8. The third-order valence-corrected chi connectivity index (χ3v) is 7.01. The molecule has 0 amide bonds. The van der Waals surface area contributed by atoms with Gasteiger partial charge in [-0.3, -0.25) is 4.90 Å². The molecule has 1 atom stereocenters. The maximum atomic E-state index is 6.03. The van der Waals surface area contributed by atoms with Crippen molar-refractivity contribution in [3.8, 4) is 5.75 Å². The second-order valence-corrected chi connectivity index (χ2v) is 9.59. The van der Waals surface area contributed by atoms with Crippen LogP contribution in [-0.2, 0) is 0 Å². The fourth-order valence-corrected chi connectivity index (χ4v) is 4.86. The van der Waals surface area contributed by atoms with E-state index in [1.54, 1.807) is 0 Å². The minimum atomic E-state index is 0.579. The Labute approximate surface area is 192 Å². The first-order chi connectivity index (χ1) is 15.1. The van der Waals surface area contributed by atoms with Gasteiger partial charge in [-0.25, -0.2) is 0 Å². The van der Waals surface area contributed by atoms with Crippen LogP contribution in [0.5, 0.6) is 5.75 Å². The lowest BCUT2D eigenvalue weighted by Gasteiger charge is -2.36. The standard InChI is InChI=1S/C26H36ClN3O/c1-21(2)29-17-15-28(16-18-29)13-3-19-31-26-10-8-25(9-11-26)30-14-12-23(20-30)22-4-6-24(27)7-5-22/h4-11,21,23H,3,12-20H2,1-2H3. The molecule has 5 heteroatoms. The van der Waals surface area contributed by atoms with Crippen molar-refractivity contribution >= 4 is 17.3 Å². The monoisotopic (exact) mass is 441 g/mol. The summed E-state index contributed by atoms with van der Waals surface area (Å²) in [6.45, 7) is 13.4. The summed E-state index contributed by atoms with van der Waals surface area (Å²) in [5.41, 5.74) is 2.67. The van der Waals surface area contributed by atoms with Gasteiger partial charge in [0.15, 0.2) is 0 Å². The summed E-state index contributed by atoms with van der Waals surface area (Å²) in [5, 5.41) is 0.808. The highest BCUT2D eigenvalue weighted by Gasteiger charge is 2.24. The van der Waals surface area contributed by atoms with E-state index >= 15 is 0 Å². The van der Waals surface area contributed by atoms with Gasteiger partial charge in [0, 0.05) is 68.5 Å². The Bertz CT molecular complexity index is 800. The molecule has 4 rings (SSSR count). The van der Waals surface area contributed by atoms with E-state index in [4.69, 9.17) is 16.3 Å². The van der Waals surface area contributed by atoms with Crippen LogP contribution in [0.15, 0.2) is 48.5 Å². The Morgan fingerprint density at radius 2 is 1.65 bits per heavy atom. The summed E-state index contributed by atoms with van der Waals surface area (Å²) in [4.78, 5) is 7.60. The quantitative estimate of drug-likeness (QED) is 0.528. The van der Waals surface area contributed by atoms with Gasteiger partial charge in [0.05, 0.1) is 6.61 Å². The summed E-state index contributed by atoms with van der Waals surface area (Å²) in [7, 11) is 0. The highest BCUT2D eigenvalue weighted by molar-refractivity contribution is 6.30. The van der Waals surface area contributed by atoms with Crippen LogP contribution in [0.4, 0.5) is 5.69 Å². The van der Waals surface area contributed by atoms with Crippen molar-refractivity contribution in [3.05, 3.63) is 59.1 Å². The molecular weight excluding hydrogens is 406 g/mol. The number of benzene rings is 2. The molecule has 2 aliphatic rings. The zero-order chi connectivity index (χ0) is 21.6. The average molecular weight is 442 g/mol. The summed E-state index contributed by atoms with van der Waals surface area (Å²) in [6.07, 6.45) is 2.27. The zero-order valence-electron chi connectivity index (χ0n) is 19.0. The second-order valence-electron chi connectivity index (χ2n) is 9.15. The van der Waals surface area contributed by atoms with Crippen LogP contribution in [0.3, 0.4) is 0 Å². The maximum Gasteiger partial charge on any atom is 0.119 e. The molecule has 31 heavy (non-hydrogen) atoms. The number of hydrogen-bond acceptors (Lipinski definition) is 4. The van der Waals surface area contributed by atoms with Crippen LogP contribution in [-0.4, -0.2) is 68.3 Å². The molecule has 0 aliphatic carbocycles. The highest BCUT2D eigenvalue weighted by atomic mass is 35.5. The van der Waals surface area contributed by atoms with Crippen LogP contribution >= 0.6 is 11.6 Å². The Morgan fingerprint density at radius 1 is 0.935 bits per heavy atom. The first kappa shape index (κ1) is 22.4. The predicted octanol–water partition coefficient (Wildman–Crippen LogP) is 5.13. The molecule has 2 aliphatic heterocycles. The van der Waals surface area contributed by atoms with Gasteiger partial charge in [-0.05, 0) is 68.7 Å². The van der Waals surface area contributed by atoms with E-state index in [-0.39, 0.29) is 0 Å². The van der Waals surface area contributed by atoms with E-state index in [0.29, 0.717) is 12.0 Å². The SMILES string of the molecule is CC(C)N1CCN(CCCOc2ccc(N3CCC(c4ccc(Cl)cc4)C3)cc2)CC1. The fourth-order valence-electron chi connectivity index (χ4n) is 4.74. The van der Waals surface area contributed by atoms with E-state index in [2.05, 4.69) is 64.9 Å². The van der Waals surface area contributed by atoms with Gasteiger partial charge in [0.1, 0.15) is 5.75 Å². The smallest absolute Gasteiger partial charge is 0.119 e. The number of nitrogens with zero attached hydrogens (tertiary/aromatic N) is 3. The zero-order valence-corrected chi connectivity index (χ0v) is 19.7. The van der Waals surface area contributed by atoms with Crippen molar-refractivity contribution in [1.29, 1.82) is 0 Å². The van der Waals surface area contributed by atoms with Crippen molar-refractivity contribution in [2.45, 2.75) is 38.6 Å². The van der Waals surface area contributed by atoms with Gasteiger partial charge in [0.2, 0.25) is 0 Å². The Morgan fingerprint density at radius 3 is 2.32 bits per heavy atom. The number of rotatable bonds is 8. The molecule has 2 aromatic rings. The Kier molecular flexibility index (Phi) is 7.76. The lowest BCUT2D eigenvalue weighted by Crippen LogP contribution is -2.49. The first-order valence-corrected chi connectivity index (χ1v) is 12.2. The molecule has 2 fully saturated rings. The minimum Gasteiger partial charge on any atom is -0.494 e. The number of piperazine rings is 1. The largest absolute Gasteiger partial charge is 0.494 e. The number of halogens is 1. The molecule has 0 bridgehead atoms. The maximum absolute atomic E-state index is 6.03. The molecule has 2 heterocycles. The third kappa shape index (κ3) is 6.15. The highest BCUT2D eigenvalue weighted by Crippen LogP contribution is 2.32. The molecular formula is C26H36ClN3O. The summed E-state index contributed by atoms with van der Waals surface area (Å²) < 4.78 is 6.01. The van der Waals surface area contributed by atoms with Gasteiger partial charge in [-0.15, -0.1) is 0 Å². The Balaban J connectivity index is 1.17. The number of hydrogen-bond donors (Lipinski definition) is 0. The van der Waals surface area contributed by atoms with E-state index in [9.17, 15) is 0 Å². The van der Waals surface area contributed by atoms with Gasteiger partial charge in [0.25, 0.3) is 0 Å². The number of ether oxygens (including phenoxy) is 1. The molecule has 0 spiro atoms. The molecule has 168 valence electrons. The van der Waals surface area contributed by atoms with Crippen molar-refractivity contribution in [1.82, 2.24) is 9.80 Å². The lowest BCUT2D eigenvalue weighted by molar-refractivity contribution is 0.104. The molecule has 1 unspecified atom stereocenters. The van der Waals surface area contributed by atoms with Gasteiger partial charge >= 0.3 is 0 Å². The topological polar surface area (TPSA) is 19.0 Å². The van der Waals surface area contributed by atoms with Crippen molar-refractivity contribution in [2.75, 3.05) is 57.3 Å². The van der Waals surface area contributed by atoms with Crippen molar-refractivity contribution in [3.63, 3.8) is 0 Å². The average Bonchev–Trinajstić information content (AvgIpc) is 3.28. The van der Waals surface area contributed by atoms with Crippen LogP contribution < -0.4 is 9.64 Å².